The van der Waals surface area contributed by atoms with Gasteiger partial charge >= 0.3 is 0 Å². The van der Waals surface area contributed by atoms with Gasteiger partial charge < -0.3 is 20.9 Å². The lowest BCUT2D eigenvalue weighted by atomic mass is 9.96. The number of piperidine rings is 1. The van der Waals surface area contributed by atoms with Crippen LogP contribution in [0.1, 0.15) is 45.1 Å². The van der Waals surface area contributed by atoms with Crippen LogP contribution in [0.5, 0.6) is 0 Å². The molecule has 30 heavy (non-hydrogen) atoms. The molecule has 3 amide bonds. The van der Waals surface area contributed by atoms with E-state index in [0.29, 0.717) is 13.0 Å². The smallest absolute Gasteiger partial charge is 0.247 e. The SMILES string of the molecule is CC(C)C(C(=O)Nc1ccc(CCN2CCC(C(N)=O)CC2)cc1)N1CCCC1=O. The van der Waals surface area contributed by atoms with Crippen LogP contribution in [0, 0.1) is 11.8 Å². The van der Waals surface area contributed by atoms with E-state index >= 15 is 0 Å². The Hall–Kier alpha value is -2.41. The van der Waals surface area contributed by atoms with E-state index in [2.05, 4.69) is 10.2 Å². The highest BCUT2D eigenvalue weighted by molar-refractivity contribution is 5.97. The van der Waals surface area contributed by atoms with Crippen LogP contribution in [0.3, 0.4) is 0 Å². The Bertz CT molecular complexity index is 754. The summed E-state index contributed by atoms with van der Waals surface area (Å²) in [4.78, 5) is 40.3. The topological polar surface area (TPSA) is 95.7 Å². The second kappa shape index (κ2) is 10.1. The molecule has 1 atom stereocenters. The predicted molar refractivity (Wildman–Crippen MR) is 117 cm³/mol. The lowest BCUT2D eigenvalue weighted by Gasteiger charge is -2.30. The van der Waals surface area contributed by atoms with Crippen molar-refractivity contribution in [2.24, 2.45) is 17.6 Å². The molecule has 164 valence electrons. The molecule has 3 N–H and O–H groups in total. The molecule has 0 aromatic heterocycles. The molecular weight excluding hydrogens is 380 g/mol. The Balaban J connectivity index is 1.50. The highest BCUT2D eigenvalue weighted by Gasteiger charge is 2.34. The molecule has 2 aliphatic heterocycles. The number of carbonyl (C=O) groups is 3. The average Bonchev–Trinajstić information content (AvgIpc) is 3.13. The largest absolute Gasteiger partial charge is 0.369 e. The number of hydrogen-bond donors (Lipinski definition) is 2. The van der Waals surface area contributed by atoms with E-state index < -0.39 is 6.04 Å². The van der Waals surface area contributed by atoms with Gasteiger partial charge in [0.05, 0.1) is 0 Å². The van der Waals surface area contributed by atoms with Gasteiger partial charge in [0.1, 0.15) is 6.04 Å². The van der Waals surface area contributed by atoms with Crippen LogP contribution < -0.4 is 11.1 Å². The van der Waals surface area contributed by atoms with Crippen molar-refractivity contribution in [3.63, 3.8) is 0 Å². The Morgan fingerprint density at radius 3 is 2.33 bits per heavy atom. The van der Waals surface area contributed by atoms with E-state index in [1.54, 1.807) is 4.90 Å². The Morgan fingerprint density at radius 2 is 1.80 bits per heavy atom. The summed E-state index contributed by atoms with van der Waals surface area (Å²) in [7, 11) is 0. The van der Waals surface area contributed by atoms with Crippen molar-refractivity contribution in [2.75, 3.05) is 31.5 Å². The molecule has 7 nitrogen and oxygen atoms in total. The molecular formula is C23H34N4O3. The van der Waals surface area contributed by atoms with Crippen LogP contribution in [-0.2, 0) is 20.8 Å². The summed E-state index contributed by atoms with van der Waals surface area (Å²) < 4.78 is 0. The summed E-state index contributed by atoms with van der Waals surface area (Å²) in [6.45, 7) is 7.38. The van der Waals surface area contributed by atoms with Crippen molar-refractivity contribution in [3.8, 4) is 0 Å². The van der Waals surface area contributed by atoms with Crippen molar-refractivity contribution in [3.05, 3.63) is 29.8 Å². The van der Waals surface area contributed by atoms with Gasteiger partial charge in [0, 0.05) is 31.1 Å². The summed E-state index contributed by atoms with van der Waals surface area (Å²) in [5.41, 5.74) is 7.36. The third-order valence-corrected chi connectivity index (χ3v) is 6.27. The van der Waals surface area contributed by atoms with Crippen LogP contribution in [0.25, 0.3) is 0 Å². The number of carbonyl (C=O) groups excluding carboxylic acids is 3. The maximum absolute atomic E-state index is 12.8. The quantitative estimate of drug-likeness (QED) is 0.680. The van der Waals surface area contributed by atoms with Crippen LogP contribution in [0.4, 0.5) is 5.69 Å². The molecule has 2 fully saturated rings. The number of likely N-dealkylation sites (tertiary alicyclic amines) is 2. The molecule has 0 radical (unpaired) electrons. The number of benzene rings is 1. The van der Waals surface area contributed by atoms with Crippen LogP contribution in [0.15, 0.2) is 24.3 Å². The van der Waals surface area contributed by atoms with Crippen LogP contribution in [-0.4, -0.2) is 59.7 Å². The van der Waals surface area contributed by atoms with Gasteiger partial charge in [-0.2, -0.15) is 0 Å². The zero-order valence-corrected chi connectivity index (χ0v) is 18.1. The zero-order chi connectivity index (χ0) is 21.7. The first kappa shape index (κ1) is 22.3. The standard InChI is InChI=1S/C23H34N4O3/c1-16(2)21(27-12-3-4-20(27)28)23(30)25-19-7-5-17(6-8-19)9-13-26-14-10-18(11-15-26)22(24)29/h5-8,16,18,21H,3-4,9-15H2,1-2H3,(H2,24,29)(H,25,30). The van der Waals surface area contributed by atoms with Gasteiger partial charge in [-0.05, 0) is 62.4 Å². The number of nitrogens with zero attached hydrogens (tertiary/aromatic N) is 2. The third kappa shape index (κ3) is 5.59. The lowest BCUT2D eigenvalue weighted by molar-refractivity contribution is -0.136. The number of primary amides is 1. The van der Waals surface area contributed by atoms with Crippen molar-refractivity contribution < 1.29 is 14.4 Å². The predicted octanol–water partition coefficient (Wildman–Crippen LogP) is 2.01. The molecule has 0 aliphatic carbocycles. The highest BCUT2D eigenvalue weighted by atomic mass is 16.2. The van der Waals surface area contributed by atoms with Gasteiger partial charge in [-0.15, -0.1) is 0 Å². The number of nitrogens with two attached hydrogens (primary N) is 1. The Morgan fingerprint density at radius 1 is 1.13 bits per heavy atom. The first-order chi connectivity index (χ1) is 14.3. The van der Waals surface area contributed by atoms with Crippen molar-refractivity contribution >= 4 is 23.4 Å². The number of amides is 3. The van der Waals surface area contributed by atoms with E-state index in [0.717, 1.165) is 51.0 Å². The first-order valence-corrected chi connectivity index (χ1v) is 11.1. The van der Waals surface area contributed by atoms with E-state index in [1.807, 2.05) is 38.1 Å². The molecule has 1 unspecified atom stereocenters. The van der Waals surface area contributed by atoms with Gasteiger partial charge in [0.25, 0.3) is 0 Å². The minimum absolute atomic E-state index is 0.0228. The number of anilines is 1. The molecule has 0 bridgehead atoms. The number of rotatable bonds is 8. The molecule has 7 heteroatoms. The summed E-state index contributed by atoms with van der Waals surface area (Å²) in [6, 6.07) is 7.50. The van der Waals surface area contributed by atoms with Gasteiger partial charge in [-0.25, -0.2) is 0 Å². The van der Waals surface area contributed by atoms with Crippen molar-refractivity contribution in [2.45, 2.75) is 52.0 Å². The molecule has 2 saturated heterocycles. The Labute approximate surface area is 179 Å². The van der Waals surface area contributed by atoms with Gasteiger partial charge in [-0.3, -0.25) is 14.4 Å². The number of nitrogens with one attached hydrogen (secondary N) is 1. The normalized spacial score (nSPS) is 19.3. The second-order valence-electron chi connectivity index (χ2n) is 8.83. The second-order valence-corrected chi connectivity index (χ2v) is 8.83. The average molecular weight is 415 g/mol. The lowest BCUT2D eigenvalue weighted by Crippen LogP contribution is -2.47. The molecule has 1 aromatic rings. The van der Waals surface area contributed by atoms with Crippen LogP contribution >= 0.6 is 0 Å². The maximum Gasteiger partial charge on any atom is 0.247 e. The monoisotopic (exact) mass is 414 g/mol. The van der Waals surface area contributed by atoms with E-state index in [-0.39, 0.29) is 29.6 Å². The fourth-order valence-corrected chi connectivity index (χ4v) is 4.47. The maximum atomic E-state index is 12.8. The highest BCUT2D eigenvalue weighted by Crippen LogP contribution is 2.21. The minimum atomic E-state index is -0.428. The summed E-state index contributed by atoms with van der Waals surface area (Å²) >= 11 is 0. The van der Waals surface area contributed by atoms with Crippen LogP contribution in [0.2, 0.25) is 0 Å². The zero-order valence-electron chi connectivity index (χ0n) is 18.1. The molecule has 2 aliphatic rings. The molecule has 0 spiro atoms. The fourth-order valence-electron chi connectivity index (χ4n) is 4.47. The van der Waals surface area contributed by atoms with E-state index in [9.17, 15) is 14.4 Å². The molecule has 3 rings (SSSR count). The van der Waals surface area contributed by atoms with Gasteiger partial charge in [0.2, 0.25) is 17.7 Å². The van der Waals surface area contributed by atoms with Gasteiger partial charge in [0.15, 0.2) is 0 Å². The van der Waals surface area contributed by atoms with Crippen molar-refractivity contribution in [1.82, 2.24) is 9.80 Å². The number of hydrogen-bond acceptors (Lipinski definition) is 4. The molecule has 2 heterocycles. The Kier molecular flexibility index (Phi) is 7.48. The van der Waals surface area contributed by atoms with E-state index in [1.165, 1.54) is 5.56 Å². The summed E-state index contributed by atoms with van der Waals surface area (Å²) in [5.74, 6) is -0.148. The summed E-state index contributed by atoms with van der Waals surface area (Å²) in [6.07, 6.45) is 3.97. The van der Waals surface area contributed by atoms with Gasteiger partial charge in [-0.1, -0.05) is 26.0 Å². The minimum Gasteiger partial charge on any atom is -0.369 e. The third-order valence-electron chi connectivity index (χ3n) is 6.27. The fraction of sp³-hybridized carbons (Fsp3) is 0.609. The molecule has 0 saturated carbocycles. The first-order valence-electron chi connectivity index (χ1n) is 11.1. The van der Waals surface area contributed by atoms with E-state index in [4.69, 9.17) is 5.73 Å². The molecule has 1 aromatic carbocycles. The summed E-state index contributed by atoms with van der Waals surface area (Å²) in [5, 5.41) is 2.98. The van der Waals surface area contributed by atoms with Crippen molar-refractivity contribution in [1.29, 1.82) is 0 Å².